The minimum absolute atomic E-state index is 0.0202. The summed E-state index contributed by atoms with van der Waals surface area (Å²) >= 11 is 0. The van der Waals surface area contributed by atoms with E-state index < -0.39 is 0 Å². The highest BCUT2D eigenvalue weighted by Crippen LogP contribution is 2.11. The van der Waals surface area contributed by atoms with Gasteiger partial charge in [-0.15, -0.1) is 0 Å². The number of nitrogens with zero attached hydrogens (tertiary/aromatic N) is 1. The summed E-state index contributed by atoms with van der Waals surface area (Å²) in [4.78, 5) is 24.4. The van der Waals surface area contributed by atoms with Crippen molar-refractivity contribution in [1.82, 2.24) is 10.2 Å². The molecule has 0 fully saturated rings. The minimum Gasteiger partial charge on any atom is -0.376 e. The second kappa shape index (κ2) is 8.19. The van der Waals surface area contributed by atoms with Gasteiger partial charge in [0.25, 0.3) is 0 Å². The highest BCUT2D eigenvalue weighted by molar-refractivity contribution is 5.80. The molecule has 0 atom stereocenters. The minimum atomic E-state index is -0.0202. The summed E-state index contributed by atoms with van der Waals surface area (Å²) in [6, 6.07) is 7.80. The Labute approximate surface area is 120 Å². The molecule has 0 aliphatic rings. The first-order valence-electron chi connectivity index (χ1n) is 6.82. The van der Waals surface area contributed by atoms with Crippen LogP contribution in [0, 0.1) is 0 Å². The van der Waals surface area contributed by atoms with Crippen LogP contribution < -0.4 is 10.6 Å². The van der Waals surface area contributed by atoms with E-state index in [-0.39, 0.29) is 18.4 Å². The molecule has 0 unspecified atom stereocenters. The summed E-state index contributed by atoms with van der Waals surface area (Å²) < 4.78 is 0. The lowest BCUT2D eigenvalue weighted by molar-refractivity contribution is -0.128. The highest BCUT2D eigenvalue weighted by Gasteiger charge is 2.04. The number of hydrogen-bond acceptors (Lipinski definition) is 3. The quantitative estimate of drug-likeness (QED) is 0.788. The second-order valence-corrected chi connectivity index (χ2v) is 4.79. The van der Waals surface area contributed by atoms with Crippen molar-refractivity contribution in [3.05, 3.63) is 29.8 Å². The van der Waals surface area contributed by atoms with Gasteiger partial charge in [-0.25, -0.2) is 0 Å². The van der Waals surface area contributed by atoms with Crippen LogP contribution in [0.3, 0.4) is 0 Å². The van der Waals surface area contributed by atoms with Crippen LogP contribution in [0.1, 0.15) is 18.9 Å². The van der Waals surface area contributed by atoms with Gasteiger partial charge in [-0.2, -0.15) is 0 Å². The fraction of sp³-hybridized carbons (Fsp3) is 0.467. The van der Waals surface area contributed by atoms with Crippen LogP contribution in [0.2, 0.25) is 0 Å². The molecule has 0 spiro atoms. The van der Waals surface area contributed by atoms with Gasteiger partial charge in [-0.3, -0.25) is 9.59 Å². The van der Waals surface area contributed by atoms with Crippen molar-refractivity contribution >= 4 is 17.5 Å². The third kappa shape index (κ3) is 5.73. The van der Waals surface area contributed by atoms with Crippen LogP contribution in [0.5, 0.6) is 0 Å². The molecule has 1 rings (SSSR count). The number of nitrogens with one attached hydrogen (secondary N) is 2. The summed E-state index contributed by atoms with van der Waals surface area (Å²) in [5.41, 5.74) is 2.02. The van der Waals surface area contributed by atoms with E-state index in [0.29, 0.717) is 13.0 Å². The molecular weight excluding hydrogens is 254 g/mol. The Bertz CT molecular complexity index is 441. The average Bonchev–Trinajstić information content (AvgIpc) is 2.43. The van der Waals surface area contributed by atoms with E-state index >= 15 is 0 Å². The largest absolute Gasteiger partial charge is 0.376 e. The maximum Gasteiger partial charge on any atom is 0.239 e. The number of anilines is 1. The third-order valence-corrected chi connectivity index (χ3v) is 2.91. The molecule has 1 aromatic carbocycles. The normalized spacial score (nSPS) is 9.95. The number of carbonyl (C=O) groups excluding carboxylic acids is 2. The summed E-state index contributed by atoms with van der Waals surface area (Å²) in [5.74, 6) is 0.108. The smallest absolute Gasteiger partial charge is 0.239 e. The molecule has 0 saturated carbocycles. The van der Waals surface area contributed by atoms with E-state index in [1.54, 1.807) is 19.0 Å². The van der Waals surface area contributed by atoms with Crippen molar-refractivity contribution in [2.24, 2.45) is 0 Å². The topological polar surface area (TPSA) is 61.4 Å². The molecule has 5 nitrogen and oxygen atoms in total. The molecule has 0 radical (unpaired) electrons. The molecule has 0 bridgehead atoms. The molecule has 5 heteroatoms. The number of rotatable bonds is 7. The number of likely N-dealkylation sites (N-methyl/N-ethyl adjacent to an activating group) is 1. The van der Waals surface area contributed by atoms with E-state index in [0.717, 1.165) is 17.7 Å². The molecule has 1 aromatic rings. The standard InChI is InChI=1S/C15H23N3O2/c1-4-16-14(19)11-17-13-8-5-12(6-9-13)7-10-15(20)18(2)3/h5-6,8-9,17H,4,7,10-11H2,1-3H3,(H,16,19). The fourth-order valence-electron chi connectivity index (χ4n) is 1.71. The Balaban J connectivity index is 2.40. The zero-order chi connectivity index (χ0) is 15.0. The zero-order valence-corrected chi connectivity index (χ0v) is 12.4. The summed E-state index contributed by atoms with van der Waals surface area (Å²) in [6.45, 7) is 2.80. The van der Waals surface area contributed by atoms with Gasteiger partial charge in [-0.1, -0.05) is 12.1 Å². The monoisotopic (exact) mass is 277 g/mol. The predicted molar refractivity (Wildman–Crippen MR) is 80.6 cm³/mol. The van der Waals surface area contributed by atoms with Crippen molar-refractivity contribution in [3.8, 4) is 0 Å². The van der Waals surface area contributed by atoms with Gasteiger partial charge < -0.3 is 15.5 Å². The molecule has 0 saturated heterocycles. The van der Waals surface area contributed by atoms with Crippen molar-refractivity contribution in [2.45, 2.75) is 19.8 Å². The Morgan fingerprint density at radius 3 is 2.35 bits per heavy atom. The van der Waals surface area contributed by atoms with Crippen LogP contribution in [-0.2, 0) is 16.0 Å². The maximum atomic E-state index is 11.5. The molecule has 0 aliphatic heterocycles. The van der Waals surface area contributed by atoms with Gasteiger partial charge in [0.05, 0.1) is 6.54 Å². The summed E-state index contributed by atoms with van der Waals surface area (Å²) in [7, 11) is 3.52. The van der Waals surface area contributed by atoms with Crippen LogP contribution in [0.25, 0.3) is 0 Å². The number of hydrogen-bond donors (Lipinski definition) is 2. The Hall–Kier alpha value is -2.04. The Morgan fingerprint density at radius 1 is 1.15 bits per heavy atom. The van der Waals surface area contributed by atoms with Gasteiger partial charge in [0.2, 0.25) is 11.8 Å². The van der Waals surface area contributed by atoms with Crippen molar-refractivity contribution in [1.29, 1.82) is 0 Å². The predicted octanol–water partition coefficient (Wildman–Crippen LogP) is 1.26. The molecule has 0 aliphatic carbocycles. The van der Waals surface area contributed by atoms with E-state index in [9.17, 15) is 9.59 Å². The van der Waals surface area contributed by atoms with Crippen LogP contribution >= 0.6 is 0 Å². The molecule has 20 heavy (non-hydrogen) atoms. The lowest BCUT2D eigenvalue weighted by atomic mass is 10.1. The average molecular weight is 277 g/mol. The second-order valence-electron chi connectivity index (χ2n) is 4.79. The van der Waals surface area contributed by atoms with Gasteiger partial charge in [0, 0.05) is 32.7 Å². The number of amides is 2. The van der Waals surface area contributed by atoms with Crippen molar-refractivity contribution in [3.63, 3.8) is 0 Å². The SMILES string of the molecule is CCNC(=O)CNc1ccc(CCC(=O)N(C)C)cc1. The summed E-state index contributed by atoms with van der Waals surface area (Å²) in [6.07, 6.45) is 1.24. The van der Waals surface area contributed by atoms with E-state index in [1.165, 1.54) is 0 Å². The van der Waals surface area contributed by atoms with E-state index in [2.05, 4.69) is 10.6 Å². The fourth-order valence-corrected chi connectivity index (χ4v) is 1.71. The maximum absolute atomic E-state index is 11.5. The Morgan fingerprint density at radius 2 is 1.80 bits per heavy atom. The first kappa shape index (κ1) is 16.0. The van der Waals surface area contributed by atoms with Crippen molar-refractivity contribution < 1.29 is 9.59 Å². The Kier molecular flexibility index (Phi) is 6.56. The lowest BCUT2D eigenvalue weighted by Crippen LogP contribution is -2.29. The molecule has 2 amide bonds. The number of aryl methyl sites for hydroxylation is 1. The third-order valence-electron chi connectivity index (χ3n) is 2.91. The van der Waals surface area contributed by atoms with Gasteiger partial charge in [0.1, 0.15) is 0 Å². The van der Waals surface area contributed by atoms with Gasteiger partial charge >= 0.3 is 0 Å². The van der Waals surface area contributed by atoms with E-state index in [4.69, 9.17) is 0 Å². The van der Waals surface area contributed by atoms with E-state index in [1.807, 2.05) is 31.2 Å². The van der Waals surface area contributed by atoms with Gasteiger partial charge in [0.15, 0.2) is 0 Å². The molecular formula is C15H23N3O2. The van der Waals surface area contributed by atoms with Crippen molar-refractivity contribution in [2.75, 3.05) is 32.5 Å². The highest BCUT2D eigenvalue weighted by atomic mass is 16.2. The van der Waals surface area contributed by atoms with Crippen LogP contribution in [0.4, 0.5) is 5.69 Å². The lowest BCUT2D eigenvalue weighted by Gasteiger charge is -2.10. The molecule has 0 aromatic heterocycles. The van der Waals surface area contributed by atoms with Crippen LogP contribution in [-0.4, -0.2) is 43.9 Å². The first-order chi connectivity index (χ1) is 9.52. The van der Waals surface area contributed by atoms with Gasteiger partial charge in [-0.05, 0) is 31.0 Å². The molecule has 0 heterocycles. The molecule has 110 valence electrons. The summed E-state index contributed by atoms with van der Waals surface area (Å²) in [5, 5.41) is 5.78. The molecule has 2 N–H and O–H groups in total. The zero-order valence-electron chi connectivity index (χ0n) is 12.4. The number of carbonyl (C=O) groups is 2. The number of benzene rings is 1. The van der Waals surface area contributed by atoms with Crippen LogP contribution in [0.15, 0.2) is 24.3 Å². The first-order valence-corrected chi connectivity index (χ1v) is 6.82.